The maximum Gasteiger partial charge on any atom is 0.280 e. The van der Waals surface area contributed by atoms with Crippen molar-refractivity contribution in [3.8, 4) is 0 Å². The molecule has 4 rings (SSSR count). The van der Waals surface area contributed by atoms with Crippen molar-refractivity contribution in [2.45, 2.75) is 53.4 Å². The monoisotopic (exact) mass is 345 g/mol. The summed E-state index contributed by atoms with van der Waals surface area (Å²) in [5.74, 6) is -0.0361. The number of aromatic nitrogens is 1. The van der Waals surface area contributed by atoms with Gasteiger partial charge in [0.1, 0.15) is 0 Å². The minimum absolute atomic E-state index is 0.0361. The number of carbonyl (C=O) groups is 1. The zero-order valence-corrected chi connectivity index (χ0v) is 14.5. The number of amides is 1. The molecule has 120 valence electrons. The van der Waals surface area contributed by atoms with E-state index >= 15 is 0 Å². The van der Waals surface area contributed by atoms with Gasteiger partial charge in [0.05, 0.1) is 10.4 Å². The van der Waals surface area contributed by atoms with Crippen molar-refractivity contribution in [1.29, 1.82) is 0 Å². The molecule has 0 aliphatic carbocycles. The minimum Gasteiger partial charge on any atom is -0.346 e. The van der Waals surface area contributed by atoms with Gasteiger partial charge in [-0.2, -0.15) is 0 Å². The average molecular weight is 345 g/mol. The number of carbonyl (C=O) groups excluding carboxylic acids is 1. The molecule has 6 heteroatoms. The molecule has 2 aliphatic rings. The molecule has 23 heavy (non-hydrogen) atoms. The molecule has 2 aromatic rings. The van der Waals surface area contributed by atoms with E-state index in [1.165, 1.54) is 34.6 Å². The highest BCUT2D eigenvalue weighted by Crippen LogP contribution is 2.34. The number of hydrogen-bond acceptors (Lipinski definition) is 5. The molecule has 0 saturated carbocycles. The Bertz CT molecular complexity index is 730. The topological polar surface area (TPSA) is 54.0 Å². The molecule has 4 nitrogen and oxygen atoms in total. The lowest BCUT2D eigenvalue weighted by Crippen LogP contribution is -2.42. The third kappa shape index (κ3) is 3.16. The molecule has 2 aliphatic heterocycles. The fourth-order valence-electron chi connectivity index (χ4n) is 3.40. The number of fused-ring (bicyclic) bond motifs is 2. The predicted molar refractivity (Wildman–Crippen MR) is 93.2 cm³/mol. The van der Waals surface area contributed by atoms with Gasteiger partial charge in [-0.05, 0) is 37.8 Å². The van der Waals surface area contributed by atoms with Gasteiger partial charge in [0.2, 0.25) is 0 Å². The summed E-state index contributed by atoms with van der Waals surface area (Å²) in [5.41, 5.74) is 1.24. The normalized spacial score (nSPS) is 25.7. The van der Waals surface area contributed by atoms with E-state index in [2.05, 4.69) is 34.7 Å². The summed E-state index contributed by atoms with van der Waals surface area (Å²) in [4.78, 5) is 17.9. The van der Waals surface area contributed by atoms with Gasteiger partial charge in [0, 0.05) is 23.0 Å². The van der Waals surface area contributed by atoms with Crippen molar-refractivity contribution in [2.24, 2.45) is 0 Å². The average Bonchev–Trinajstić information content (AvgIpc) is 3.26. The first-order valence-corrected chi connectivity index (χ1v) is 9.58. The first kappa shape index (κ1) is 15.2. The predicted octanol–water partition coefficient (Wildman–Crippen LogP) is 3.23. The lowest BCUT2D eigenvalue weighted by Gasteiger charge is -2.20. The molecule has 2 bridgehead atoms. The standard InChI is InChI=1S/C17H19N3OS2/c1-10-4-2-3-5-14(10)22-15-9-18-17(23-15)16(21)20-13-8-11-6-7-12(13)19-11/h2-5,9,11-13,19H,6-8H2,1H3,(H,20,21)/t11-,12+,13-/m1/s1. The van der Waals surface area contributed by atoms with E-state index in [9.17, 15) is 4.79 Å². The van der Waals surface area contributed by atoms with Crippen LogP contribution in [0, 0.1) is 6.92 Å². The maximum atomic E-state index is 12.4. The van der Waals surface area contributed by atoms with Gasteiger partial charge in [-0.15, -0.1) is 11.3 Å². The Morgan fingerprint density at radius 1 is 1.39 bits per heavy atom. The van der Waals surface area contributed by atoms with E-state index in [1.54, 1.807) is 18.0 Å². The van der Waals surface area contributed by atoms with Gasteiger partial charge >= 0.3 is 0 Å². The Labute approximate surface area is 144 Å². The van der Waals surface area contributed by atoms with Crippen LogP contribution in [0.25, 0.3) is 0 Å². The summed E-state index contributed by atoms with van der Waals surface area (Å²) in [5, 5.41) is 7.25. The van der Waals surface area contributed by atoms with Crippen LogP contribution in [0.4, 0.5) is 0 Å². The fourth-order valence-corrected chi connectivity index (χ4v) is 5.33. The number of rotatable bonds is 4. The largest absolute Gasteiger partial charge is 0.346 e. The molecule has 3 atom stereocenters. The zero-order valence-electron chi connectivity index (χ0n) is 12.9. The summed E-state index contributed by atoms with van der Waals surface area (Å²) in [6.07, 6.45) is 5.26. The SMILES string of the molecule is Cc1ccccc1Sc1cnc(C(=O)N[C@@H]2C[C@H]3CC[C@@H]2N3)s1. The molecule has 1 aromatic heterocycles. The second kappa shape index (κ2) is 6.26. The van der Waals surface area contributed by atoms with Crippen LogP contribution in [0.3, 0.4) is 0 Å². The third-order valence-corrected chi connectivity index (χ3v) is 6.87. The molecule has 1 aromatic carbocycles. The van der Waals surface area contributed by atoms with Crippen molar-refractivity contribution in [1.82, 2.24) is 15.6 Å². The lowest BCUT2D eigenvalue weighted by atomic mass is 9.95. The Morgan fingerprint density at radius 3 is 3.00 bits per heavy atom. The molecular weight excluding hydrogens is 326 g/mol. The second-order valence-electron chi connectivity index (χ2n) is 6.22. The van der Waals surface area contributed by atoms with Crippen LogP contribution in [0.1, 0.15) is 34.6 Å². The van der Waals surface area contributed by atoms with Crippen LogP contribution >= 0.6 is 23.1 Å². The zero-order chi connectivity index (χ0) is 15.8. The van der Waals surface area contributed by atoms with Crippen LogP contribution in [0.2, 0.25) is 0 Å². The highest BCUT2D eigenvalue weighted by atomic mass is 32.2. The van der Waals surface area contributed by atoms with Gasteiger partial charge in [-0.3, -0.25) is 4.79 Å². The molecule has 2 N–H and O–H groups in total. The highest BCUT2D eigenvalue weighted by Gasteiger charge is 2.39. The van der Waals surface area contributed by atoms with Crippen LogP contribution in [-0.4, -0.2) is 29.0 Å². The summed E-state index contributed by atoms with van der Waals surface area (Å²) in [6, 6.07) is 9.57. The molecule has 2 fully saturated rings. The lowest BCUT2D eigenvalue weighted by molar-refractivity contribution is 0.0930. The van der Waals surface area contributed by atoms with E-state index in [1.807, 2.05) is 12.1 Å². The fraction of sp³-hybridized carbons (Fsp3) is 0.412. The number of benzene rings is 1. The first-order valence-electron chi connectivity index (χ1n) is 7.95. The van der Waals surface area contributed by atoms with Gasteiger partial charge in [0.25, 0.3) is 5.91 Å². The van der Waals surface area contributed by atoms with Crippen molar-refractivity contribution in [3.63, 3.8) is 0 Å². The van der Waals surface area contributed by atoms with E-state index in [-0.39, 0.29) is 11.9 Å². The molecule has 0 spiro atoms. The van der Waals surface area contributed by atoms with Crippen LogP contribution in [-0.2, 0) is 0 Å². The van der Waals surface area contributed by atoms with Gasteiger partial charge in [-0.25, -0.2) is 4.98 Å². The molecule has 3 heterocycles. The van der Waals surface area contributed by atoms with Gasteiger partial charge < -0.3 is 10.6 Å². The van der Waals surface area contributed by atoms with Gasteiger partial charge in [-0.1, -0.05) is 30.0 Å². The Hall–Kier alpha value is -1.37. The van der Waals surface area contributed by atoms with E-state index in [0.717, 1.165) is 10.6 Å². The number of aryl methyl sites for hydroxylation is 1. The second-order valence-corrected chi connectivity index (χ2v) is 8.59. The summed E-state index contributed by atoms with van der Waals surface area (Å²) >= 11 is 3.14. The van der Waals surface area contributed by atoms with E-state index in [4.69, 9.17) is 0 Å². The number of thiazole rings is 1. The van der Waals surface area contributed by atoms with Gasteiger partial charge in [0.15, 0.2) is 5.01 Å². The number of nitrogens with zero attached hydrogens (tertiary/aromatic N) is 1. The maximum absolute atomic E-state index is 12.4. The molecule has 2 saturated heterocycles. The Morgan fingerprint density at radius 2 is 2.26 bits per heavy atom. The molecule has 1 amide bonds. The minimum atomic E-state index is -0.0361. The first-order chi connectivity index (χ1) is 11.2. The Balaban J connectivity index is 1.41. The summed E-state index contributed by atoms with van der Waals surface area (Å²) in [7, 11) is 0. The smallest absolute Gasteiger partial charge is 0.280 e. The number of hydrogen-bond donors (Lipinski definition) is 2. The molecular formula is C17H19N3OS2. The summed E-state index contributed by atoms with van der Waals surface area (Å²) < 4.78 is 1.05. The van der Waals surface area contributed by atoms with Crippen LogP contribution in [0.5, 0.6) is 0 Å². The van der Waals surface area contributed by atoms with Crippen LogP contribution < -0.4 is 10.6 Å². The van der Waals surface area contributed by atoms with Crippen molar-refractivity contribution in [2.75, 3.05) is 0 Å². The quantitative estimate of drug-likeness (QED) is 0.893. The van der Waals surface area contributed by atoms with Crippen molar-refractivity contribution < 1.29 is 4.79 Å². The van der Waals surface area contributed by atoms with Crippen molar-refractivity contribution >= 4 is 29.0 Å². The van der Waals surface area contributed by atoms with E-state index in [0.29, 0.717) is 17.1 Å². The molecule has 0 unspecified atom stereocenters. The molecule has 0 radical (unpaired) electrons. The van der Waals surface area contributed by atoms with Crippen LogP contribution in [0.15, 0.2) is 39.6 Å². The van der Waals surface area contributed by atoms with E-state index < -0.39 is 0 Å². The van der Waals surface area contributed by atoms with Crippen molar-refractivity contribution in [3.05, 3.63) is 41.0 Å². The Kier molecular flexibility index (Phi) is 4.13. The third-order valence-electron chi connectivity index (χ3n) is 4.60. The number of nitrogens with one attached hydrogen (secondary N) is 2. The highest BCUT2D eigenvalue weighted by molar-refractivity contribution is 8.01. The summed E-state index contributed by atoms with van der Waals surface area (Å²) in [6.45, 7) is 2.10.